The van der Waals surface area contributed by atoms with Crippen molar-refractivity contribution < 1.29 is 39.2 Å². The summed E-state index contributed by atoms with van der Waals surface area (Å²) >= 11 is 0. The topological polar surface area (TPSA) is 180 Å². The third-order valence-electron chi connectivity index (χ3n) is 3.73. The Morgan fingerprint density at radius 3 is 2.24 bits per heavy atom. The first-order valence-electron chi connectivity index (χ1n) is 7.69. The smallest absolute Gasteiger partial charge is 0.242 e. The standard InChI is InChI=1S/C14H25N3O8/c1-5(9(13(15)23)16-6(2)19)24-14-10(17-7(3)20)12(22)11(21)8(4-18)25-14/h5,8-12,14,18,21-22H,4H2,1-3H3,(H2,15,23)(H,16,19)(H,17,20)/t5-,8-,9+,10-,11+,12-,14+/m1/s1. The van der Waals surface area contributed by atoms with E-state index in [1.54, 1.807) is 0 Å². The van der Waals surface area contributed by atoms with Gasteiger partial charge in [0.25, 0.3) is 0 Å². The van der Waals surface area contributed by atoms with Gasteiger partial charge in [0.15, 0.2) is 6.29 Å². The van der Waals surface area contributed by atoms with E-state index in [9.17, 15) is 29.7 Å². The summed E-state index contributed by atoms with van der Waals surface area (Å²) in [5, 5.41) is 34.0. The highest BCUT2D eigenvalue weighted by Gasteiger charge is 2.46. The van der Waals surface area contributed by atoms with Crippen molar-refractivity contribution in [2.45, 2.75) is 63.6 Å². The first kappa shape index (κ1) is 21.3. The molecule has 25 heavy (non-hydrogen) atoms. The number of aliphatic hydroxyl groups excluding tert-OH is 3. The normalized spacial score (nSPS) is 31.7. The highest BCUT2D eigenvalue weighted by molar-refractivity contribution is 5.86. The summed E-state index contributed by atoms with van der Waals surface area (Å²) in [6, 6.07) is -2.35. The maximum absolute atomic E-state index is 11.5. The van der Waals surface area contributed by atoms with Crippen LogP contribution in [-0.2, 0) is 23.9 Å². The van der Waals surface area contributed by atoms with Gasteiger partial charge in [-0.05, 0) is 6.92 Å². The minimum Gasteiger partial charge on any atom is -0.394 e. The molecule has 0 aromatic rings. The van der Waals surface area contributed by atoms with Gasteiger partial charge in [-0.15, -0.1) is 0 Å². The van der Waals surface area contributed by atoms with Crippen molar-refractivity contribution in [3.63, 3.8) is 0 Å². The Hall–Kier alpha value is -1.79. The summed E-state index contributed by atoms with van der Waals surface area (Å²) in [5.41, 5.74) is 5.24. The van der Waals surface area contributed by atoms with Gasteiger partial charge in [-0.25, -0.2) is 0 Å². The molecule has 1 aliphatic heterocycles. The number of amides is 3. The van der Waals surface area contributed by atoms with E-state index in [0.717, 1.165) is 0 Å². The Morgan fingerprint density at radius 1 is 1.20 bits per heavy atom. The number of rotatable bonds is 7. The van der Waals surface area contributed by atoms with Crippen molar-refractivity contribution in [2.75, 3.05) is 6.61 Å². The second-order valence-electron chi connectivity index (χ2n) is 5.85. The number of ether oxygens (including phenoxy) is 2. The molecule has 144 valence electrons. The average molecular weight is 363 g/mol. The van der Waals surface area contributed by atoms with Crippen molar-refractivity contribution in [3.05, 3.63) is 0 Å². The summed E-state index contributed by atoms with van der Waals surface area (Å²) in [6.07, 6.45) is -6.39. The van der Waals surface area contributed by atoms with Crippen LogP contribution in [0.5, 0.6) is 0 Å². The average Bonchev–Trinajstić information content (AvgIpc) is 2.51. The minimum atomic E-state index is -1.49. The van der Waals surface area contributed by atoms with Gasteiger partial charge in [-0.1, -0.05) is 0 Å². The molecule has 3 amide bonds. The second-order valence-corrected chi connectivity index (χ2v) is 5.85. The van der Waals surface area contributed by atoms with Crippen LogP contribution in [0, 0.1) is 0 Å². The lowest BCUT2D eigenvalue weighted by Crippen LogP contribution is -2.65. The molecule has 7 atom stereocenters. The molecule has 1 heterocycles. The van der Waals surface area contributed by atoms with Gasteiger partial charge >= 0.3 is 0 Å². The summed E-state index contributed by atoms with van der Waals surface area (Å²) in [7, 11) is 0. The van der Waals surface area contributed by atoms with Crippen LogP contribution >= 0.6 is 0 Å². The largest absolute Gasteiger partial charge is 0.394 e. The van der Waals surface area contributed by atoms with E-state index >= 15 is 0 Å². The fraction of sp³-hybridized carbons (Fsp3) is 0.786. The van der Waals surface area contributed by atoms with E-state index in [1.165, 1.54) is 20.8 Å². The van der Waals surface area contributed by atoms with E-state index in [2.05, 4.69) is 10.6 Å². The predicted molar refractivity (Wildman–Crippen MR) is 82.7 cm³/mol. The van der Waals surface area contributed by atoms with Gasteiger partial charge in [0.2, 0.25) is 17.7 Å². The summed E-state index contributed by atoms with van der Waals surface area (Å²) in [4.78, 5) is 34.0. The molecule has 0 aromatic carbocycles. The molecule has 7 N–H and O–H groups in total. The number of nitrogens with one attached hydrogen (secondary N) is 2. The van der Waals surface area contributed by atoms with Gasteiger partial charge in [0.1, 0.15) is 30.4 Å². The third kappa shape index (κ3) is 5.61. The van der Waals surface area contributed by atoms with Crippen molar-refractivity contribution in [1.82, 2.24) is 10.6 Å². The van der Waals surface area contributed by atoms with Gasteiger partial charge < -0.3 is 41.2 Å². The Labute approximate surface area is 144 Å². The summed E-state index contributed by atoms with van der Waals surface area (Å²) < 4.78 is 10.9. The zero-order valence-electron chi connectivity index (χ0n) is 14.2. The number of hydrogen-bond donors (Lipinski definition) is 6. The molecule has 1 rings (SSSR count). The highest BCUT2D eigenvalue weighted by Crippen LogP contribution is 2.23. The van der Waals surface area contributed by atoms with Crippen LogP contribution in [-0.4, -0.2) is 82.4 Å². The monoisotopic (exact) mass is 363 g/mol. The van der Waals surface area contributed by atoms with Crippen LogP contribution in [0.1, 0.15) is 20.8 Å². The molecule has 1 saturated heterocycles. The third-order valence-corrected chi connectivity index (χ3v) is 3.73. The van der Waals surface area contributed by atoms with E-state index in [-0.39, 0.29) is 0 Å². The van der Waals surface area contributed by atoms with Crippen LogP contribution in [0.25, 0.3) is 0 Å². The number of hydrogen-bond acceptors (Lipinski definition) is 8. The molecule has 0 aliphatic carbocycles. The molecular weight excluding hydrogens is 338 g/mol. The highest BCUT2D eigenvalue weighted by atomic mass is 16.7. The molecule has 0 unspecified atom stereocenters. The Kier molecular flexibility index (Phi) is 7.70. The molecule has 1 aliphatic rings. The molecule has 0 bridgehead atoms. The lowest BCUT2D eigenvalue weighted by Gasteiger charge is -2.43. The first-order chi connectivity index (χ1) is 11.6. The zero-order chi connectivity index (χ0) is 19.3. The SMILES string of the molecule is CC(=O)N[C@H]1[C@@H](O[C@H](C)[C@H](NC(C)=O)C(N)=O)O[C@H](CO)[C@H](O)[C@@H]1O. The molecule has 11 heteroatoms. The summed E-state index contributed by atoms with van der Waals surface area (Å²) in [5.74, 6) is -1.88. The Bertz CT molecular complexity index is 502. The van der Waals surface area contributed by atoms with Crippen molar-refractivity contribution in [2.24, 2.45) is 5.73 Å². The van der Waals surface area contributed by atoms with Gasteiger partial charge in [0, 0.05) is 13.8 Å². The van der Waals surface area contributed by atoms with Crippen molar-refractivity contribution >= 4 is 17.7 Å². The maximum atomic E-state index is 11.5. The van der Waals surface area contributed by atoms with E-state index in [1.807, 2.05) is 0 Å². The number of aliphatic hydroxyl groups is 3. The van der Waals surface area contributed by atoms with E-state index < -0.39 is 67.1 Å². The number of primary amides is 1. The molecule has 0 saturated carbocycles. The van der Waals surface area contributed by atoms with Gasteiger partial charge in [-0.3, -0.25) is 14.4 Å². The van der Waals surface area contributed by atoms with Crippen LogP contribution in [0.3, 0.4) is 0 Å². The van der Waals surface area contributed by atoms with Crippen molar-refractivity contribution in [1.29, 1.82) is 0 Å². The lowest BCUT2D eigenvalue weighted by molar-refractivity contribution is -0.281. The predicted octanol–water partition coefficient (Wildman–Crippen LogP) is -3.67. The van der Waals surface area contributed by atoms with Crippen LogP contribution < -0.4 is 16.4 Å². The van der Waals surface area contributed by atoms with Crippen molar-refractivity contribution in [3.8, 4) is 0 Å². The van der Waals surface area contributed by atoms with Crippen LogP contribution in [0.4, 0.5) is 0 Å². The molecular formula is C14H25N3O8. The maximum Gasteiger partial charge on any atom is 0.242 e. The van der Waals surface area contributed by atoms with Crippen LogP contribution in [0.2, 0.25) is 0 Å². The quantitative estimate of drug-likeness (QED) is 0.267. The second kappa shape index (κ2) is 9.06. The molecule has 0 spiro atoms. The molecule has 1 fully saturated rings. The van der Waals surface area contributed by atoms with Crippen LogP contribution in [0.15, 0.2) is 0 Å². The Morgan fingerprint density at radius 2 is 1.80 bits per heavy atom. The molecule has 11 nitrogen and oxygen atoms in total. The minimum absolute atomic E-state index is 0.508. The van der Waals surface area contributed by atoms with Gasteiger partial charge in [0.05, 0.1) is 12.7 Å². The number of carbonyl (C=O) groups excluding carboxylic acids is 3. The zero-order valence-corrected chi connectivity index (χ0v) is 14.2. The molecule has 0 radical (unpaired) electrons. The number of carbonyl (C=O) groups is 3. The Balaban J connectivity index is 2.97. The fourth-order valence-electron chi connectivity index (χ4n) is 2.52. The van der Waals surface area contributed by atoms with E-state index in [0.29, 0.717) is 0 Å². The van der Waals surface area contributed by atoms with E-state index in [4.69, 9.17) is 15.2 Å². The number of nitrogens with two attached hydrogens (primary N) is 1. The first-order valence-corrected chi connectivity index (χ1v) is 7.69. The van der Waals surface area contributed by atoms with Gasteiger partial charge in [-0.2, -0.15) is 0 Å². The fourth-order valence-corrected chi connectivity index (χ4v) is 2.52. The molecule has 0 aromatic heterocycles. The lowest BCUT2D eigenvalue weighted by atomic mass is 9.96. The summed E-state index contributed by atoms with van der Waals surface area (Å²) in [6.45, 7) is 3.22.